The van der Waals surface area contributed by atoms with Crippen LogP contribution < -0.4 is 0 Å². The molecule has 0 unspecified atom stereocenters. The number of aromatic hydroxyl groups is 1. The van der Waals surface area contributed by atoms with Crippen molar-refractivity contribution >= 4 is 5.57 Å². The highest BCUT2D eigenvalue weighted by atomic mass is 19.1. The van der Waals surface area contributed by atoms with Crippen LogP contribution in [0.1, 0.15) is 16.7 Å². The predicted molar refractivity (Wildman–Crippen MR) is 96.2 cm³/mol. The van der Waals surface area contributed by atoms with E-state index in [1.807, 2.05) is 44.5 Å². The molecule has 0 radical (unpaired) electrons. The van der Waals surface area contributed by atoms with Gasteiger partial charge in [0.2, 0.25) is 0 Å². The lowest BCUT2D eigenvalue weighted by molar-refractivity contribution is 0.473. The minimum Gasteiger partial charge on any atom is -0.507 e. The van der Waals surface area contributed by atoms with Gasteiger partial charge >= 0.3 is 0 Å². The first-order chi connectivity index (χ1) is 11.5. The Balaban J connectivity index is 2.12. The molecule has 122 valence electrons. The van der Waals surface area contributed by atoms with Crippen molar-refractivity contribution in [3.05, 3.63) is 95.0 Å². The average Bonchev–Trinajstić information content (AvgIpc) is 2.58. The van der Waals surface area contributed by atoms with Crippen LogP contribution in [0.15, 0.2) is 72.5 Å². The molecule has 1 aliphatic heterocycles. The van der Waals surface area contributed by atoms with E-state index in [4.69, 9.17) is 0 Å². The number of allylic oxidation sites excluding steroid dienone is 3. The van der Waals surface area contributed by atoms with Gasteiger partial charge in [0.1, 0.15) is 11.6 Å². The van der Waals surface area contributed by atoms with E-state index in [0.29, 0.717) is 0 Å². The maximum atomic E-state index is 13.3. The Hall–Kier alpha value is -2.81. The number of benzene rings is 2. The molecule has 2 aromatic rings. The van der Waals surface area contributed by atoms with Crippen molar-refractivity contribution in [3.63, 3.8) is 0 Å². The quantitative estimate of drug-likeness (QED) is 0.889. The molecule has 0 saturated carbocycles. The Morgan fingerprint density at radius 2 is 1.92 bits per heavy atom. The molecular weight excluding hydrogens is 301 g/mol. The topological polar surface area (TPSA) is 23.5 Å². The number of phenolic OH excluding ortho intramolecular Hbond substituents is 1. The lowest BCUT2D eigenvalue weighted by Gasteiger charge is -2.17. The Morgan fingerprint density at radius 3 is 2.58 bits per heavy atom. The van der Waals surface area contributed by atoms with E-state index in [0.717, 1.165) is 34.4 Å². The maximum absolute atomic E-state index is 13.3. The number of halogens is 1. The first-order valence-electron chi connectivity index (χ1n) is 7.89. The number of phenols is 1. The Labute approximate surface area is 141 Å². The number of hydrogen-bond donors (Lipinski definition) is 1. The highest BCUT2D eigenvalue weighted by Gasteiger charge is 2.12. The van der Waals surface area contributed by atoms with Gasteiger partial charge in [-0.15, -0.1) is 0 Å². The highest BCUT2D eigenvalue weighted by Crippen LogP contribution is 2.32. The van der Waals surface area contributed by atoms with Gasteiger partial charge in [0.15, 0.2) is 0 Å². The summed E-state index contributed by atoms with van der Waals surface area (Å²) >= 11 is 0. The van der Waals surface area contributed by atoms with Crippen molar-refractivity contribution in [1.82, 2.24) is 4.90 Å². The Bertz CT molecular complexity index is 831. The minimum absolute atomic E-state index is 0.216. The molecule has 1 N–H and O–H groups in total. The largest absolute Gasteiger partial charge is 0.507 e. The molecule has 24 heavy (non-hydrogen) atoms. The van der Waals surface area contributed by atoms with E-state index in [9.17, 15) is 9.50 Å². The van der Waals surface area contributed by atoms with Crippen LogP contribution in [0.25, 0.3) is 5.57 Å². The van der Waals surface area contributed by atoms with E-state index < -0.39 is 0 Å². The molecule has 2 aromatic carbocycles. The SMILES string of the molecule is Cc1ccc(O)c(C(=CC2=CCN(C)C=C2)c2ccc(F)cc2)c1. The summed E-state index contributed by atoms with van der Waals surface area (Å²) in [6, 6.07) is 11.9. The monoisotopic (exact) mass is 321 g/mol. The normalized spacial score (nSPS) is 14.7. The average molecular weight is 321 g/mol. The predicted octanol–water partition coefficient (Wildman–Crippen LogP) is 4.66. The molecule has 3 heteroatoms. The summed E-state index contributed by atoms with van der Waals surface area (Å²) in [5.41, 5.74) is 4.61. The molecule has 0 aromatic heterocycles. The van der Waals surface area contributed by atoms with Crippen LogP contribution in [0.4, 0.5) is 4.39 Å². The van der Waals surface area contributed by atoms with Crippen molar-refractivity contribution in [3.8, 4) is 5.75 Å². The number of nitrogens with zero attached hydrogens (tertiary/aromatic N) is 1. The van der Waals surface area contributed by atoms with Crippen LogP contribution >= 0.6 is 0 Å². The molecule has 1 heterocycles. The van der Waals surface area contributed by atoms with Gasteiger partial charge in [-0.1, -0.05) is 29.8 Å². The molecule has 2 nitrogen and oxygen atoms in total. The summed E-state index contributed by atoms with van der Waals surface area (Å²) < 4.78 is 13.3. The zero-order chi connectivity index (χ0) is 17.1. The number of aryl methyl sites for hydroxylation is 1. The number of likely N-dealkylation sites (N-methyl/N-ethyl adjacent to an activating group) is 1. The molecule has 3 rings (SSSR count). The summed E-state index contributed by atoms with van der Waals surface area (Å²) in [6.07, 6.45) is 8.20. The molecule has 0 spiro atoms. The molecule has 0 amide bonds. The minimum atomic E-state index is -0.273. The summed E-state index contributed by atoms with van der Waals surface area (Å²) in [4.78, 5) is 2.08. The Kier molecular flexibility index (Phi) is 4.52. The zero-order valence-corrected chi connectivity index (χ0v) is 13.8. The summed E-state index contributed by atoms with van der Waals surface area (Å²) in [7, 11) is 2.01. The van der Waals surface area contributed by atoms with E-state index in [-0.39, 0.29) is 11.6 Å². The van der Waals surface area contributed by atoms with E-state index in [1.165, 1.54) is 12.1 Å². The second-order valence-corrected chi connectivity index (χ2v) is 6.04. The fourth-order valence-corrected chi connectivity index (χ4v) is 2.68. The smallest absolute Gasteiger partial charge is 0.123 e. The third-order valence-corrected chi connectivity index (χ3v) is 4.04. The van der Waals surface area contributed by atoms with E-state index in [2.05, 4.69) is 11.0 Å². The van der Waals surface area contributed by atoms with Crippen molar-refractivity contribution in [1.29, 1.82) is 0 Å². The highest BCUT2D eigenvalue weighted by molar-refractivity contribution is 5.84. The fraction of sp³-hybridized carbons (Fsp3) is 0.143. The molecule has 0 bridgehead atoms. The Morgan fingerprint density at radius 1 is 1.17 bits per heavy atom. The van der Waals surface area contributed by atoms with Crippen LogP contribution in [-0.2, 0) is 0 Å². The third kappa shape index (κ3) is 3.57. The second kappa shape index (κ2) is 6.75. The van der Waals surface area contributed by atoms with Gasteiger partial charge in [-0.2, -0.15) is 0 Å². The van der Waals surface area contributed by atoms with Crippen LogP contribution in [0.3, 0.4) is 0 Å². The van der Waals surface area contributed by atoms with Gasteiger partial charge in [0.05, 0.1) is 0 Å². The summed E-state index contributed by atoms with van der Waals surface area (Å²) in [5.74, 6) is -0.0568. The van der Waals surface area contributed by atoms with E-state index in [1.54, 1.807) is 18.2 Å². The molecule has 0 aliphatic carbocycles. The second-order valence-electron chi connectivity index (χ2n) is 6.04. The zero-order valence-electron chi connectivity index (χ0n) is 13.8. The molecule has 0 atom stereocenters. The van der Waals surface area contributed by atoms with Crippen LogP contribution in [0, 0.1) is 12.7 Å². The van der Waals surface area contributed by atoms with Crippen molar-refractivity contribution in [2.75, 3.05) is 13.6 Å². The molecule has 1 aliphatic rings. The summed E-state index contributed by atoms with van der Waals surface area (Å²) in [6.45, 7) is 2.82. The van der Waals surface area contributed by atoms with Crippen molar-refractivity contribution in [2.24, 2.45) is 0 Å². The number of rotatable bonds is 3. The van der Waals surface area contributed by atoms with Gasteiger partial charge < -0.3 is 10.0 Å². The first kappa shape index (κ1) is 16.1. The third-order valence-electron chi connectivity index (χ3n) is 4.04. The molecule has 0 fully saturated rings. The first-order valence-corrected chi connectivity index (χ1v) is 7.89. The van der Waals surface area contributed by atoms with Gasteiger partial charge in [0.25, 0.3) is 0 Å². The molecular formula is C21H20FNO. The van der Waals surface area contributed by atoms with Crippen LogP contribution in [-0.4, -0.2) is 23.6 Å². The van der Waals surface area contributed by atoms with Gasteiger partial charge in [0, 0.05) is 19.2 Å². The van der Waals surface area contributed by atoms with Gasteiger partial charge in [-0.05, 0) is 66.3 Å². The van der Waals surface area contributed by atoms with Gasteiger partial charge in [-0.25, -0.2) is 4.39 Å². The van der Waals surface area contributed by atoms with Crippen molar-refractivity contribution < 1.29 is 9.50 Å². The van der Waals surface area contributed by atoms with E-state index >= 15 is 0 Å². The lowest BCUT2D eigenvalue weighted by Crippen LogP contribution is -2.13. The van der Waals surface area contributed by atoms with Gasteiger partial charge in [-0.3, -0.25) is 0 Å². The fourth-order valence-electron chi connectivity index (χ4n) is 2.68. The lowest BCUT2D eigenvalue weighted by atomic mass is 9.93. The number of hydrogen-bond acceptors (Lipinski definition) is 2. The standard InChI is InChI=1S/C21H20FNO/c1-15-3-8-21(24)20(13-15)19(17-4-6-18(22)7-5-17)14-16-9-11-23(2)12-10-16/h3-11,13-14,24H,12H2,1-2H3. The molecule has 0 saturated heterocycles. The van der Waals surface area contributed by atoms with Crippen molar-refractivity contribution in [2.45, 2.75) is 6.92 Å². The van der Waals surface area contributed by atoms with Crippen LogP contribution in [0.2, 0.25) is 0 Å². The maximum Gasteiger partial charge on any atom is 0.123 e. The van der Waals surface area contributed by atoms with Crippen LogP contribution in [0.5, 0.6) is 5.75 Å². The summed E-state index contributed by atoms with van der Waals surface area (Å²) in [5, 5.41) is 10.3.